The van der Waals surface area contributed by atoms with E-state index >= 15 is 0 Å². The zero-order chi connectivity index (χ0) is 14.8. The van der Waals surface area contributed by atoms with E-state index in [9.17, 15) is 0 Å². The van der Waals surface area contributed by atoms with Crippen LogP contribution < -0.4 is 0 Å². The van der Waals surface area contributed by atoms with Gasteiger partial charge in [-0.3, -0.25) is 4.57 Å². The third kappa shape index (κ3) is 2.81. The molecule has 0 fully saturated rings. The first-order valence-corrected chi connectivity index (χ1v) is 7.88. The van der Waals surface area contributed by atoms with Gasteiger partial charge in [-0.25, -0.2) is 0 Å². The molecular weight excluding hydrogens is 348 g/mol. The summed E-state index contributed by atoms with van der Waals surface area (Å²) in [6, 6.07) is 14.4. The average Bonchev–Trinajstić information content (AvgIpc) is 2.80. The molecule has 0 aliphatic heterocycles. The number of halogens is 1. The van der Waals surface area contributed by atoms with Crippen molar-refractivity contribution in [1.82, 2.24) is 9.55 Å². The van der Waals surface area contributed by atoms with Gasteiger partial charge in [0, 0.05) is 11.6 Å². The number of para-hydroxylation sites is 1. The Hall–Kier alpha value is -1.43. The van der Waals surface area contributed by atoms with Crippen LogP contribution in [-0.2, 0) is 11.2 Å². The molecule has 1 N–H and O–H groups in total. The fourth-order valence-corrected chi connectivity index (χ4v) is 3.12. The molecule has 0 bridgehead atoms. The highest BCUT2D eigenvalue weighted by atomic mass is 79.9. The van der Waals surface area contributed by atoms with E-state index < -0.39 is 0 Å². The second-order valence-corrected chi connectivity index (χ2v) is 6.10. The molecular formula is C16H15BrN2OS. The molecule has 0 aliphatic carbocycles. The van der Waals surface area contributed by atoms with Gasteiger partial charge in [-0.15, -0.1) is 0 Å². The Labute approximate surface area is 136 Å². The van der Waals surface area contributed by atoms with Crippen LogP contribution in [0.2, 0.25) is 0 Å². The van der Waals surface area contributed by atoms with Crippen LogP contribution in [0.15, 0.2) is 46.9 Å². The predicted octanol–water partition coefficient (Wildman–Crippen LogP) is 4.64. The monoisotopic (exact) mass is 362 g/mol. The lowest BCUT2D eigenvalue weighted by molar-refractivity contribution is 0.202. The Kier molecular flexibility index (Phi) is 4.24. The van der Waals surface area contributed by atoms with Crippen molar-refractivity contribution in [1.29, 1.82) is 0 Å². The first kappa shape index (κ1) is 14.5. The summed E-state index contributed by atoms with van der Waals surface area (Å²) in [5.41, 5.74) is 4.42. The summed E-state index contributed by atoms with van der Waals surface area (Å²) < 4.78 is 9.02. The minimum Gasteiger partial charge on any atom is -0.384 e. The summed E-state index contributed by atoms with van der Waals surface area (Å²) in [5, 5.41) is 0. The van der Waals surface area contributed by atoms with E-state index in [1.54, 1.807) is 7.11 Å². The van der Waals surface area contributed by atoms with Gasteiger partial charge in [0.1, 0.15) is 0 Å². The van der Waals surface area contributed by atoms with Crippen molar-refractivity contribution in [3.63, 3.8) is 0 Å². The number of aromatic nitrogens is 2. The number of ether oxygens (including phenoxy) is 1. The average molecular weight is 363 g/mol. The zero-order valence-electron chi connectivity index (χ0n) is 11.6. The van der Waals surface area contributed by atoms with E-state index in [1.807, 2.05) is 24.3 Å². The van der Waals surface area contributed by atoms with Gasteiger partial charge in [-0.2, -0.15) is 0 Å². The molecule has 0 unspecified atom stereocenters. The Morgan fingerprint density at radius 3 is 2.86 bits per heavy atom. The lowest BCUT2D eigenvalue weighted by Gasteiger charge is -2.11. The number of aromatic amines is 1. The van der Waals surface area contributed by atoms with Crippen molar-refractivity contribution >= 4 is 39.2 Å². The quantitative estimate of drug-likeness (QED) is 0.685. The van der Waals surface area contributed by atoms with Gasteiger partial charge in [-0.05, 0) is 48.5 Å². The molecule has 1 heterocycles. The molecule has 0 radical (unpaired) electrons. The highest BCUT2D eigenvalue weighted by Crippen LogP contribution is 2.25. The molecule has 0 amide bonds. The number of fused-ring (bicyclic) bond motifs is 1. The molecule has 21 heavy (non-hydrogen) atoms. The fourth-order valence-electron chi connectivity index (χ4n) is 2.47. The van der Waals surface area contributed by atoms with E-state index in [0.29, 0.717) is 11.4 Å². The largest absolute Gasteiger partial charge is 0.384 e. The molecule has 3 aromatic rings. The highest BCUT2D eigenvalue weighted by Gasteiger charge is 2.10. The summed E-state index contributed by atoms with van der Waals surface area (Å²) in [6.45, 7) is 0.691. The number of nitrogens with one attached hydrogen (secondary N) is 1. The van der Waals surface area contributed by atoms with E-state index in [1.165, 1.54) is 5.56 Å². The number of methoxy groups -OCH3 is 1. The van der Waals surface area contributed by atoms with Gasteiger partial charge in [0.05, 0.1) is 23.3 Å². The maximum Gasteiger partial charge on any atom is 0.182 e. The predicted molar refractivity (Wildman–Crippen MR) is 91.7 cm³/mol. The first-order chi connectivity index (χ1) is 10.2. The molecule has 0 saturated carbocycles. The lowest BCUT2D eigenvalue weighted by Crippen LogP contribution is -2.02. The standard InChI is InChI=1S/C16H15BrN2OS/c1-20-9-8-11-4-2-3-5-14(11)19-15-10-12(17)6-7-13(15)18-16(19)21/h2-7,10H,8-9H2,1H3,(H,18,21). The van der Waals surface area contributed by atoms with Crippen LogP contribution in [0.5, 0.6) is 0 Å². The molecule has 0 spiro atoms. The van der Waals surface area contributed by atoms with Crippen molar-refractivity contribution in [2.75, 3.05) is 13.7 Å². The van der Waals surface area contributed by atoms with Gasteiger partial charge in [0.25, 0.3) is 0 Å². The SMILES string of the molecule is COCCc1ccccc1-n1c(=S)[nH]c2ccc(Br)cc21. The molecule has 0 saturated heterocycles. The summed E-state index contributed by atoms with van der Waals surface area (Å²) in [4.78, 5) is 3.26. The van der Waals surface area contributed by atoms with Crippen molar-refractivity contribution in [2.24, 2.45) is 0 Å². The van der Waals surface area contributed by atoms with Crippen LogP contribution >= 0.6 is 28.1 Å². The van der Waals surface area contributed by atoms with Crippen molar-refractivity contribution in [3.05, 3.63) is 57.3 Å². The number of benzene rings is 2. The van der Waals surface area contributed by atoms with Crippen LogP contribution in [-0.4, -0.2) is 23.3 Å². The number of rotatable bonds is 4. The Balaban J connectivity index is 2.23. The lowest BCUT2D eigenvalue weighted by atomic mass is 10.1. The molecule has 2 aromatic carbocycles. The van der Waals surface area contributed by atoms with Gasteiger partial charge in [-0.1, -0.05) is 34.1 Å². The highest BCUT2D eigenvalue weighted by molar-refractivity contribution is 9.10. The molecule has 0 atom stereocenters. The third-order valence-corrected chi connectivity index (χ3v) is 4.23. The van der Waals surface area contributed by atoms with Crippen LogP contribution in [0.1, 0.15) is 5.56 Å². The molecule has 108 valence electrons. The minimum atomic E-state index is 0.691. The van der Waals surface area contributed by atoms with Crippen LogP contribution in [0.25, 0.3) is 16.7 Å². The van der Waals surface area contributed by atoms with Gasteiger partial charge in [0.2, 0.25) is 0 Å². The number of hydrogen-bond donors (Lipinski definition) is 1. The topological polar surface area (TPSA) is 29.9 Å². The summed E-state index contributed by atoms with van der Waals surface area (Å²) in [7, 11) is 1.72. The van der Waals surface area contributed by atoms with Crippen molar-refractivity contribution in [2.45, 2.75) is 6.42 Å². The smallest absolute Gasteiger partial charge is 0.182 e. The summed E-state index contributed by atoms with van der Waals surface area (Å²) >= 11 is 9.04. The van der Waals surface area contributed by atoms with Gasteiger partial charge < -0.3 is 9.72 Å². The van der Waals surface area contributed by atoms with Gasteiger partial charge >= 0.3 is 0 Å². The molecule has 5 heteroatoms. The summed E-state index contributed by atoms with van der Waals surface area (Å²) in [5.74, 6) is 0. The van der Waals surface area contributed by atoms with Crippen molar-refractivity contribution < 1.29 is 4.74 Å². The molecule has 3 rings (SSSR count). The summed E-state index contributed by atoms with van der Waals surface area (Å²) in [6.07, 6.45) is 0.856. The Morgan fingerprint density at radius 2 is 2.05 bits per heavy atom. The second-order valence-electron chi connectivity index (χ2n) is 4.80. The van der Waals surface area contributed by atoms with E-state index in [4.69, 9.17) is 17.0 Å². The molecule has 1 aromatic heterocycles. The zero-order valence-corrected chi connectivity index (χ0v) is 14.0. The number of nitrogens with zero attached hydrogens (tertiary/aromatic N) is 1. The third-order valence-electron chi connectivity index (χ3n) is 3.45. The second kappa shape index (κ2) is 6.13. The Morgan fingerprint density at radius 1 is 1.24 bits per heavy atom. The normalized spacial score (nSPS) is 11.1. The van der Waals surface area contributed by atoms with Crippen LogP contribution in [0.4, 0.5) is 0 Å². The number of imidazole rings is 1. The minimum absolute atomic E-state index is 0.691. The maximum absolute atomic E-state index is 5.51. The Bertz CT molecular complexity index is 838. The number of hydrogen-bond acceptors (Lipinski definition) is 2. The van der Waals surface area contributed by atoms with Crippen molar-refractivity contribution in [3.8, 4) is 5.69 Å². The maximum atomic E-state index is 5.51. The van der Waals surface area contributed by atoms with Crippen LogP contribution in [0, 0.1) is 4.77 Å². The van der Waals surface area contributed by atoms with E-state index in [0.717, 1.165) is 27.6 Å². The van der Waals surface area contributed by atoms with E-state index in [-0.39, 0.29) is 0 Å². The number of H-pyrrole nitrogens is 1. The van der Waals surface area contributed by atoms with Crippen LogP contribution in [0.3, 0.4) is 0 Å². The molecule has 0 aliphatic rings. The molecule has 3 nitrogen and oxygen atoms in total. The van der Waals surface area contributed by atoms with Gasteiger partial charge in [0.15, 0.2) is 4.77 Å². The first-order valence-electron chi connectivity index (χ1n) is 6.68. The fraction of sp³-hybridized carbons (Fsp3) is 0.188. The van der Waals surface area contributed by atoms with E-state index in [2.05, 4.69) is 43.7 Å².